The number of hydrogen-bond donors (Lipinski definition) is 1. The van der Waals surface area contributed by atoms with Crippen LogP contribution in [-0.2, 0) is 6.42 Å². The van der Waals surface area contributed by atoms with Crippen molar-refractivity contribution < 1.29 is 9.53 Å². The van der Waals surface area contributed by atoms with E-state index < -0.39 is 0 Å². The molecule has 9 heteroatoms. The Morgan fingerprint density at radius 1 is 1.13 bits per heavy atom. The standard InChI is InChI=1S/C22H27N7O2/c1-4-17-6-5-7-19(14-17)29-21(24-25-26-29)27-10-12-28(13-11-27)22(30)23-18-9-8-16(2)20(15-18)31-3/h5-9,14-15H,4,10-13H2,1-3H3,(H,23,30). The van der Waals surface area contributed by atoms with Crippen LogP contribution in [-0.4, -0.2) is 64.4 Å². The molecule has 0 spiro atoms. The number of amides is 2. The van der Waals surface area contributed by atoms with Gasteiger partial charge in [0.1, 0.15) is 5.75 Å². The minimum Gasteiger partial charge on any atom is -0.496 e. The maximum Gasteiger partial charge on any atom is 0.321 e. The highest BCUT2D eigenvalue weighted by molar-refractivity contribution is 5.89. The molecule has 1 fully saturated rings. The monoisotopic (exact) mass is 421 g/mol. The number of hydrogen-bond acceptors (Lipinski definition) is 6. The molecule has 0 saturated carbocycles. The zero-order chi connectivity index (χ0) is 21.8. The summed E-state index contributed by atoms with van der Waals surface area (Å²) in [5.74, 6) is 1.44. The third kappa shape index (κ3) is 4.45. The second-order valence-corrected chi connectivity index (χ2v) is 7.50. The van der Waals surface area contributed by atoms with Gasteiger partial charge in [0.25, 0.3) is 0 Å². The SMILES string of the molecule is CCc1cccc(-n2nnnc2N2CCN(C(=O)Nc3ccc(C)c(OC)c3)CC2)c1. The summed E-state index contributed by atoms with van der Waals surface area (Å²) in [6, 6.07) is 13.7. The molecule has 9 nitrogen and oxygen atoms in total. The molecule has 2 aromatic carbocycles. The summed E-state index contributed by atoms with van der Waals surface area (Å²) in [4.78, 5) is 16.6. The zero-order valence-electron chi connectivity index (χ0n) is 18.1. The van der Waals surface area contributed by atoms with Gasteiger partial charge in [-0.15, -0.1) is 0 Å². The van der Waals surface area contributed by atoms with E-state index in [4.69, 9.17) is 4.74 Å². The predicted molar refractivity (Wildman–Crippen MR) is 119 cm³/mol. The van der Waals surface area contributed by atoms with Crippen LogP contribution in [0, 0.1) is 6.92 Å². The molecule has 2 amide bonds. The predicted octanol–water partition coefficient (Wildman–Crippen LogP) is 2.90. The topological polar surface area (TPSA) is 88.4 Å². The van der Waals surface area contributed by atoms with Gasteiger partial charge in [-0.25, -0.2) is 4.79 Å². The lowest BCUT2D eigenvalue weighted by Gasteiger charge is -2.34. The van der Waals surface area contributed by atoms with E-state index in [0.717, 1.165) is 29.1 Å². The average Bonchev–Trinajstić information content (AvgIpc) is 3.30. The van der Waals surface area contributed by atoms with Gasteiger partial charge >= 0.3 is 6.03 Å². The van der Waals surface area contributed by atoms with E-state index in [1.54, 1.807) is 16.7 Å². The average molecular weight is 422 g/mol. The molecule has 1 saturated heterocycles. The molecular weight excluding hydrogens is 394 g/mol. The van der Waals surface area contributed by atoms with Gasteiger partial charge in [0.05, 0.1) is 12.8 Å². The van der Waals surface area contributed by atoms with E-state index >= 15 is 0 Å². The van der Waals surface area contributed by atoms with Crippen LogP contribution in [0.5, 0.6) is 5.75 Å². The zero-order valence-corrected chi connectivity index (χ0v) is 18.1. The molecule has 162 valence electrons. The van der Waals surface area contributed by atoms with Gasteiger partial charge in [-0.2, -0.15) is 4.68 Å². The van der Waals surface area contributed by atoms with Gasteiger partial charge in [0, 0.05) is 37.9 Å². The minimum atomic E-state index is -0.124. The summed E-state index contributed by atoms with van der Waals surface area (Å²) >= 11 is 0. The number of carbonyl (C=O) groups excluding carboxylic acids is 1. The smallest absolute Gasteiger partial charge is 0.321 e. The molecule has 0 bridgehead atoms. The van der Waals surface area contributed by atoms with Gasteiger partial charge < -0.3 is 19.9 Å². The van der Waals surface area contributed by atoms with Crippen molar-refractivity contribution in [3.05, 3.63) is 53.6 Å². The van der Waals surface area contributed by atoms with Gasteiger partial charge in [-0.1, -0.05) is 30.2 Å². The Kier molecular flexibility index (Phi) is 6.01. The number of benzene rings is 2. The summed E-state index contributed by atoms with van der Waals surface area (Å²) < 4.78 is 7.09. The molecule has 31 heavy (non-hydrogen) atoms. The van der Waals surface area contributed by atoms with E-state index in [-0.39, 0.29) is 6.03 Å². The Balaban J connectivity index is 1.40. The maximum absolute atomic E-state index is 12.7. The molecule has 1 aromatic heterocycles. The third-order valence-electron chi connectivity index (χ3n) is 5.53. The van der Waals surface area contributed by atoms with Crippen LogP contribution in [0.3, 0.4) is 0 Å². The van der Waals surface area contributed by atoms with Gasteiger partial charge in [0.2, 0.25) is 5.95 Å². The highest BCUT2D eigenvalue weighted by Crippen LogP contribution is 2.23. The van der Waals surface area contributed by atoms with Crippen LogP contribution in [0.15, 0.2) is 42.5 Å². The number of carbonyl (C=O) groups is 1. The van der Waals surface area contributed by atoms with E-state index in [9.17, 15) is 4.79 Å². The fraction of sp³-hybridized carbons (Fsp3) is 0.364. The van der Waals surface area contributed by atoms with Crippen molar-refractivity contribution in [2.24, 2.45) is 0 Å². The van der Waals surface area contributed by atoms with Crippen LogP contribution >= 0.6 is 0 Å². The Bertz CT molecular complexity index is 1060. The molecule has 0 aliphatic carbocycles. The lowest BCUT2D eigenvalue weighted by atomic mass is 10.1. The van der Waals surface area contributed by atoms with Crippen LogP contribution < -0.4 is 15.0 Å². The number of anilines is 2. The normalized spacial score (nSPS) is 13.9. The Labute approximate surface area is 181 Å². The van der Waals surface area contributed by atoms with E-state index in [2.05, 4.69) is 44.8 Å². The lowest BCUT2D eigenvalue weighted by molar-refractivity contribution is 0.208. The third-order valence-corrected chi connectivity index (χ3v) is 5.53. The minimum absolute atomic E-state index is 0.124. The molecule has 0 atom stereocenters. The van der Waals surface area contributed by atoms with Crippen LogP contribution in [0.2, 0.25) is 0 Å². The number of tetrazole rings is 1. The first kappa shape index (κ1) is 20.6. The van der Waals surface area contributed by atoms with E-state index in [1.165, 1.54) is 5.56 Å². The summed E-state index contributed by atoms with van der Waals surface area (Å²) in [7, 11) is 1.62. The number of nitrogens with zero attached hydrogens (tertiary/aromatic N) is 6. The molecule has 2 heterocycles. The Morgan fingerprint density at radius 3 is 2.68 bits per heavy atom. The quantitative estimate of drug-likeness (QED) is 0.682. The lowest BCUT2D eigenvalue weighted by Crippen LogP contribution is -2.50. The van der Waals surface area contributed by atoms with Crippen molar-refractivity contribution in [3.8, 4) is 11.4 Å². The summed E-state index contributed by atoms with van der Waals surface area (Å²) in [6.45, 7) is 6.55. The molecule has 3 aromatic rings. The largest absolute Gasteiger partial charge is 0.496 e. The highest BCUT2D eigenvalue weighted by Gasteiger charge is 2.25. The van der Waals surface area contributed by atoms with Crippen molar-refractivity contribution in [2.75, 3.05) is 43.5 Å². The van der Waals surface area contributed by atoms with Gasteiger partial charge in [0.15, 0.2) is 0 Å². The first-order chi connectivity index (χ1) is 15.1. The molecule has 0 unspecified atom stereocenters. The summed E-state index contributed by atoms with van der Waals surface area (Å²) in [5, 5.41) is 15.2. The van der Waals surface area contributed by atoms with Crippen LogP contribution in [0.1, 0.15) is 18.1 Å². The Hall–Kier alpha value is -3.62. The molecule has 4 rings (SSSR count). The van der Waals surface area contributed by atoms with E-state index in [0.29, 0.717) is 32.1 Å². The van der Waals surface area contributed by atoms with Crippen molar-refractivity contribution in [2.45, 2.75) is 20.3 Å². The first-order valence-electron chi connectivity index (χ1n) is 10.4. The molecule has 0 radical (unpaired) electrons. The Morgan fingerprint density at radius 2 is 1.94 bits per heavy atom. The van der Waals surface area contributed by atoms with Gasteiger partial charge in [-0.05, 0) is 53.1 Å². The number of piperazine rings is 1. The van der Waals surface area contributed by atoms with Crippen molar-refractivity contribution in [1.82, 2.24) is 25.1 Å². The van der Waals surface area contributed by atoms with Crippen molar-refractivity contribution >= 4 is 17.7 Å². The summed E-state index contributed by atoms with van der Waals surface area (Å²) in [5.41, 5.74) is 3.91. The molecule has 1 N–H and O–H groups in total. The van der Waals surface area contributed by atoms with Crippen LogP contribution in [0.4, 0.5) is 16.4 Å². The van der Waals surface area contributed by atoms with Crippen molar-refractivity contribution in [1.29, 1.82) is 0 Å². The fourth-order valence-electron chi connectivity index (χ4n) is 3.66. The second kappa shape index (κ2) is 9.03. The number of rotatable bonds is 5. The maximum atomic E-state index is 12.7. The first-order valence-corrected chi connectivity index (χ1v) is 10.4. The summed E-state index contributed by atoms with van der Waals surface area (Å²) in [6.07, 6.45) is 0.950. The molecule has 1 aliphatic heterocycles. The van der Waals surface area contributed by atoms with E-state index in [1.807, 2.05) is 37.3 Å². The number of ether oxygens (including phenoxy) is 1. The second-order valence-electron chi connectivity index (χ2n) is 7.50. The number of aryl methyl sites for hydroxylation is 2. The molecular formula is C22H27N7O2. The fourth-order valence-corrected chi connectivity index (χ4v) is 3.66. The highest BCUT2D eigenvalue weighted by atomic mass is 16.5. The number of nitrogens with one attached hydrogen (secondary N) is 1. The van der Waals surface area contributed by atoms with Gasteiger partial charge in [-0.3, -0.25) is 0 Å². The van der Waals surface area contributed by atoms with Crippen molar-refractivity contribution in [3.63, 3.8) is 0 Å². The number of aromatic nitrogens is 4. The molecule has 1 aliphatic rings. The van der Waals surface area contributed by atoms with Crippen LogP contribution in [0.25, 0.3) is 5.69 Å². The number of urea groups is 1. The number of methoxy groups -OCH3 is 1.